The largest absolute Gasteiger partial charge is 1.00 e. The first kappa shape index (κ1) is 29.9. The van der Waals surface area contributed by atoms with Crippen molar-refractivity contribution in [2.24, 2.45) is 0 Å². The van der Waals surface area contributed by atoms with Crippen molar-refractivity contribution < 1.29 is 31.2 Å². The lowest BCUT2D eigenvalue weighted by atomic mass is 10.1. The van der Waals surface area contributed by atoms with Gasteiger partial charge in [-0.1, -0.05) is 77.7 Å². The number of hydrogen-bond donors (Lipinski definition) is 0. The number of aromatic nitrogens is 2. The molecule has 1 aliphatic rings. The summed E-state index contributed by atoms with van der Waals surface area (Å²) in [6.45, 7) is 7.28. The molecule has 33 heavy (non-hydrogen) atoms. The molecule has 1 aliphatic heterocycles. The van der Waals surface area contributed by atoms with Crippen molar-refractivity contribution in [1.29, 1.82) is 0 Å². The molecule has 0 N–H and O–H groups in total. The van der Waals surface area contributed by atoms with Crippen LogP contribution in [-0.2, 0) is 9.53 Å². The number of rotatable bonds is 17. The van der Waals surface area contributed by atoms with Crippen molar-refractivity contribution in [1.82, 2.24) is 8.75 Å². The molecule has 0 spiro atoms. The number of ether oxygens (including phenoxy) is 2. The monoisotopic (exact) mass is 501 g/mol. The first-order valence-electron chi connectivity index (χ1n) is 12.7. The van der Waals surface area contributed by atoms with E-state index in [1.165, 1.54) is 63.1 Å². The summed E-state index contributed by atoms with van der Waals surface area (Å²) in [6.07, 6.45) is 16.9. The third-order valence-electron chi connectivity index (χ3n) is 6.13. The van der Waals surface area contributed by atoms with Crippen LogP contribution in [0.1, 0.15) is 103 Å². The predicted molar refractivity (Wildman–Crippen MR) is 132 cm³/mol. The van der Waals surface area contributed by atoms with Gasteiger partial charge < -0.3 is 21.9 Å². The van der Waals surface area contributed by atoms with Crippen LogP contribution in [0.3, 0.4) is 0 Å². The van der Waals surface area contributed by atoms with Crippen LogP contribution in [-0.4, -0.2) is 52.7 Å². The molecule has 6 nitrogen and oxygen atoms in total. The number of quaternary nitrogens is 1. The van der Waals surface area contributed by atoms with Gasteiger partial charge in [-0.3, -0.25) is 9.28 Å². The van der Waals surface area contributed by atoms with Gasteiger partial charge in [0.1, 0.15) is 12.2 Å². The van der Waals surface area contributed by atoms with E-state index in [1.54, 1.807) is 0 Å². The lowest BCUT2D eigenvalue weighted by Crippen LogP contribution is -3.00. The highest BCUT2D eigenvalue weighted by Crippen LogP contribution is 2.30. The molecule has 0 aliphatic carbocycles. The highest BCUT2D eigenvalue weighted by Gasteiger charge is 2.31. The molecule has 8 heteroatoms. The molecular weight excluding hydrogens is 458 g/mol. The molecule has 1 aromatic heterocycles. The fraction of sp³-hybridized carbons (Fsp3) is 0.800. The topological polar surface area (TPSA) is 61.3 Å². The van der Waals surface area contributed by atoms with E-state index in [0.29, 0.717) is 30.1 Å². The van der Waals surface area contributed by atoms with Gasteiger partial charge in [0.2, 0.25) is 6.73 Å². The molecule has 0 bridgehead atoms. The van der Waals surface area contributed by atoms with Gasteiger partial charge >= 0.3 is 5.97 Å². The van der Waals surface area contributed by atoms with Crippen molar-refractivity contribution in [3.05, 3.63) is 11.8 Å². The first-order valence-corrected chi connectivity index (χ1v) is 13.4. The Morgan fingerprint density at radius 3 is 2.39 bits per heavy atom. The fourth-order valence-corrected chi connectivity index (χ4v) is 4.61. The quantitative estimate of drug-likeness (QED) is 0.186. The summed E-state index contributed by atoms with van der Waals surface area (Å²) in [6, 6.07) is 0. The van der Waals surface area contributed by atoms with Crippen molar-refractivity contribution in [2.45, 2.75) is 97.3 Å². The Morgan fingerprint density at radius 2 is 1.67 bits per heavy atom. The Bertz CT molecular complexity index is 698. The zero-order valence-corrected chi connectivity index (χ0v) is 22.5. The van der Waals surface area contributed by atoms with Gasteiger partial charge in [0, 0.05) is 18.4 Å². The van der Waals surface area contributed by atoms with Crippen molar-refractivity contribution in [3.8, 4) is 5.88 Å². The molecular formula is C25H44ClN3O3S. The highest BCUT2D eigenvalue weighted by molar-refractivity contribution is 6.99. The van der Waals surface area contributed by atoms with Gasteiger partial charge in [0.15, 0.2) is 0 Å². The summed E-state index contributed by atoms with van der Waals surface area (Å²) >= 11 is 1.21. The third-order valence-corrected chi connectivity index (χ3v) is 6.64. The second-order valence-corrected chi connectivity index (χ2v) is 9.89. The van der Waals surface area contributed by atoms with E-state index in [1.807, 2.05) is 0 Å². The first-order chi connectivity index (χ1) is 15.6. The molecule has 0 saturated carbocycles. The molecule has 2 heterocycles. The lowest BCUT2D eigenvalue weighted by molar-refractivity contribution is -0.919. The molecule has 1 unspecified atom stereocenters. The van der Waals surface area contributed by atoms with Gasteiger partial charge in [0.25, 0.3) is 5.88 Å². The van der Waals surface area contributed by atoms with Crippen LogP contribution in [0.15, 0.2) is 6.08 Å². The number of esters is 1. The minimum Gasteiger partial charge on any atom is -1.00 e. The molecule has 2 rings (SSSR count). The Hall–Kier alpha value is -1.18. The van der Waals surface area contributed by atoms with Gasteiger partial charge in [-0.05, 0) is 12.8 Å². The standard InChI is InChI=1S/C25H44N3O3S.ClH/c1-4-6-8-10-11-12-13-17-23(29)31-21-28(3)18-15-16-22(20-28)24-25(27-32-26-24)30-19-14-9-7-5-2;/h16H,4-15,17-21H2,1-3H3;1H/q+1;/p-1. The Kier molecular flexibility index (Phi) is 15.6. The van der Waals surface area contributed by atoms with Crippen molar-refractivity contribution >= 4 is 23.3 Å². The van der Waals surface area contributed by atoms with E-state index in [-0.39, 0.29) is 18.4 Å². The van der Waals surface area contributed by atoms with Crippen LogP contribution in [0.2, 0.25) is 0 Å². The summed E-state index contributed by atoms with van der Waals surface area (Å²) in [5, 5.41) is 0. The molecule has 0 amide bonds. The number of unbranched alkanes of at least 4 members (excludes halogenated alkanes) is 9. The summed E-state index contributed by atoms with van der Waals surface area (Å²) < 4.78 is 21.2. The zero-order valence-electron chi connectivity index (χ0n) is 21.0. The Labute approximate surface area is 211 Å². The average Bonchev–Trinajstić information content (AvgIpc) is 3.26. The summed E-state index contributed by atoms with van der Waals surface area (Å²) in [5.74, 6) is 0.586. The van der Waals surface area contributed by atoms with Gasteiger partial charge in [-0.15, -0.1) is 4.37 Å². The number of carbonyl (C=O) groups excluding carboxylic acids is 1. The van der Waals surface area contributed by atoms with Gasteiger partial charge in [0.05, 0.1) is 31.9 Å². The van der Waals surface area contributed by atoms with Crippen LogP contribution >= 0.6 is 11.7 Å². The van der Waals surface area contributed by atoms with E-state index in [9.17, 15) is 4.79 Å². The fourth-order valence-electron chi connectivity index (χ4n) is 4.08. The van der Waals surface area contributed by atoms with Crippen LogP contribution in [0.25, 0.3) is 5.57 Å². The van der Waals surface area contributed by atoms with Crippen LogP contribution in [0.5, 0.6) is 5.88 Å². The SMILES string of the molecule is CCCCCCCCCC(=O)OC[N+]1(C)CCC=C(c2nsnc2OCCCCCC)C1.[Cl-]. The smallest absolute Gasteiger partial charge is 0.310 e. The maximum Gasteiger partial charge on any atom is 0.310 e. The molecule has 0 aromatic carbocycles. The minimum atomic E-state index is -0.0690. The second kappa shape index (κ2) is 17.3. The van der Waals surface area contributed by atoms with Crippen LogP contribution in [0, 0.1) is 0 Å². The van der Waals surface area contributed by atoms with Crippen molar-refractivity contribution in [2.75, 3.05) is 33.5 Å². The van der Waals surface area contributed by atoms with E-state index in [2.05, 4.69) is 35.7 Å². The summed E-state index contributed by atoms with van der Waals surface area (Å²) in [5.41, 5.74) is 2.02. The summed E-state index contributed by atoms with van der Waals surface area (Å²) in [7, 11) is 2.15. The molecule has 1 aromatic rings. The number of carbonyl (C=O) groups is 1. The average molecular weight is 502 g/mol. The second-order valence-electron chi connectivity index (χ2n) is 9.36. The van der Waals surface area contributed by atoms with E-state index >= 15 is 0 Å². The van der Waals surface area contributed by atoms with Crippen LogP contribution < -0.4 is 17.1 Å². The van der Waals surface area contributed by atoms with Crippen LogP contribution in [0.4, 0.5) is 0 Å². The third kappa shape index (κ3) is 11.7. The molecule has 0 fully saturated rings. The molecule has 0 saturated heterocycles. The van der Waals surface area contributed by atoms with Gasteiger partial charge in [-0.25, -0.2) is 0 Å². The number of likely N-dealkylation sites (N-methyl/N-ethyl adjacent to an activating group) is 1. The van der Waals surface area contributed by atoms with Gasteiger partial charge in [-0.2, -0.15) is 4.37 Å². The maximum absolute atomic E-state index is 12.2. The molecule has 190 valence electrons. The van der Waals surface area contributed by atoms with E-state index in [4.69, 9.17) is 9.47 Å². The van der Waals surface area contributed by atoms with E-state index in [0.717, 1.165) is 50.0 Å². The lowest BCUT2D eigenvalue weighted by Gasteiger charge is -2.36. The highest BCUT2D eigenvalue weighted by atomic mass is 35.5. The maximum atomic E-state index is 12.2. The predicted octanol–water partition coefficient (Wildman–Crippen LogP) is 3.38. The summed E-state index contributed by atoms with van der Waals surface area (Å²) in [4.78, 5) is 12.2. The van der Waals surface area contributed by atoms with Crippen molar-refractivity contribution in [3.63, 3.8) is 0 Å². The number of nitrogens with zero attached hydrogens (tertiary/aromatic N) is 3. The minimum absolute atomic E-state index is 0. The molecule has 0 radical (unpaired) electrons. The normalized spacial score (nSPS) is 17.8. The zero-order chi connectivity index (χ0) is 23.1. The molecule has 1 atom stereocenters. The Balaban J connectivity index is 0.00000544. The van der Waals surface area contributed by atoms with E-state index < -0.39 is 0 Å². The number of halogens is 1. The number of hydrogen-bond acceptors (Lipinski definition) is 6. The Morgan fingerprint density at radius 1 is 1.00 bits per heavy atom.